The van der Waals surface area contributed by atoms with Crippen molar-refractivity contribution >= 4 is 50.9 Å². The Morgan fingerprint density at radius 1 is 1.42 bits per heavy atom. The summed E-state index contributed by atoms with van der Waals surface area (Å²) in [7, 11) is 1.42. The van der Waals surface area contributed by atoms with Crippen LogP contribution in [-0.2, 0) is 9.59 Å². The van der Waals surface area contributed by atoms with Crippen molar-refractivity contribution < 1.29 is 29.0 Å². The van der Waals surface area contributed by atoms with E-state index in [-0.39, 0.29) is 16.9 Å². The fourth-order valence-corrected chi connectivity index (χ4v) is 3.50. The number of methoxy groups -OCH3 is 1. The molecule has 1 saturated heterocycles. The first kappa shape index (κ1) is 18.3. The molecule has 0 spiro atoms. The van der Waals surface area contributed by atoms with Gasteiger partial charge in [-0.05, 0) is 58.4 Å². The Bertz CT molecular complexity index is 733. The highest BCUT2D eigenvalue weighted by molar-refractivity contribution is 9.10. The number of rotatable bonds is 6. The molecule has 0 aromatic heterocycles. The van der Waals surface area contributed by atoms with Gasteiger partial charge >= 0.3 is 5.97 Å². The van der Waals surface area contributed by atoms with Crippen LogP contribution in [0.5, 0.6) is 11.5 Å². The fourth-order valence-electron chi connectivity index (χ4n) is 2.02. The molecule has 2 rings (SSSR count). The van der Waals surface area contributed by atoms with Crippen LogP contribution in [0.4, 0.5) is 4.79 Å². The van der Waals surface area contributed by atoms with E-state index in [0.717, 1.165) is 16.7 Å². The van der Waals surface area contributed by atoms with Crippen LogP contribution < -0.4 is 9.47 Å². The van der Waals surface area contributed by atoms with Crippen LogP contribution in [0.3, 0.4) is 0 Å². The van der Waals surface area contributed by atoms with Crippen LogP contribution in [0, 0.1) is 0 Å². The van der Waals surface area contributed by atoms with Crippen molar-refractivity contribution in [3.05, 3.63) is 27.1 Å². The Morgan fingerprint density at radius 2 is 2.12 bits per heavy atom. The molecule has 0 atom stereocenters. The van der Waals surface area contributed by atoms with Gasteiger partial charge in [-0.2, -0.15) is 0 Å². The lowest BCUT2D eigenvalue weighted by molar-refractivity contribution is -0.139. The van der Waals surface area contributed by atoms with Crippen molar-refractivity contribution in [2.75, 3.05) is 20.3 Å². The smallest absolute Gasteiger partial charge is 0.341 e. The van der Waals surface area contributed by atoms with Crippen LogP contribution in [0.2, 0.25) is 0 Å². The second-order valence-electron chi connectivity index (χ2n) is 4.64. The number of nitrogens with zero attached hydrogens (tertiary/aromatic N) is 1. The van der Waals surface area contributed by atoms with Crippen LogP contribution >= 0.6 is 27.7 Å². The summed E-state index contributed by atoms with van der Waals surface area (Å²) in [6.07, 6.45) is 1.58. The normalized spacial score (nSPS) is 16.0. The van der Waals surface area contributed by atoms with Crippen molar-refractivity contribution in [1.29, 1.82) is 0 Å². The number of likely N-dealkylation sites (N-methyl/N-ethyl adjacent to an activating group) is 1. The number of carbonyl (C=O) groups is 3. The number of benzene rings is 1. The monoisotopic (exact) mass is 415 g/mol. The van der Waals surface area contributed by atoms with E-state index in [1.807, 2.05) is 0 Å². The molecule has 2 amide bonds. The molecular formula is C15H14BrNO6S. The van der Waals surface area contributed by atoms with E-state index >= 15 is 0 Å². The quantitative estimate of drug-likeness (QED) is 0.713. The summed E-state index contributed by atoms with van der Waals surface area (Å²) >= 11 is 4.17. The third-order valence-electron chi connectivity index (χ3n) is 3.08. The highest BCUT2D eigenvalue weighted by Gasteiger charge is 2.33. The molecule has 1 aromatic rings. The van der Waals surface area contributed by atoms with Gasteiger partial charge in [-0.25, -0.2) is 4.79 Å². The molecule has 0 unspecified atom stereocenters. The van der Waals surface area contributed by atoms with Crippen LogP contribution in [0.1, 0.15) is 12.5 Å². The number of hydrogen-bond acceptors (Lipinski definition) is 6. The maximum atomic E-state index is 12.1. The lowest BCUT2D eigenvalue weighted by Crippen LogP contribution is -2.27. The summed E-state index contributed by atoms with van der Waals surface area (Å²) in [4.78, 5) is 36.0. The molecule has 1 aromatic carbocycles. The average molecular weight is 416 g/mol. The second kappa shape index (κ2) is 7.71. The number of carboxylic acid groups (broad SMARTS) is 1. The van der Waals surface area contributed by atoms with Gasteiger partial charge in [0.2, 0.25) is 0 Å². The zero-order valence-corrected chi connectivity index (χ0v) is 15.3. The van der Waals surface area contributed by atoms with E-state index in [1.165, 1.54) is 7.11 Å². The van der Waals surface area contributed by atoms with Gasteiger partial charge < -0.3 is 14.6 Å². The number of imide groups is 1. The third kappa shape index (κ3) is 3.90. The van der Waals surface area contributed by atoms with Gasteiger partial charge in [-0.15, -0.1) is 0 Å². The number of amides is 2. The molecule has 0 saturated carbocycles. The maximum absolute atomic E-state index is 12.1. The Morgan fingerprint density at radius 3 is 2.67 bits per heavy atom. The van der Waals surface area contributed by atoms with E-state index in [9.17, 15) is 14.4 Å². The summed E-state index contributed by atoms with van der Waals surface area (Å²) in [5.74, 6) is -0.889. The molecule has 0 radical (unpaired) electrons. The minimum Gasteiger partial charge on any atom is -0.493 e. The molecule has 1 heterocycles. The fraction of sp³-hybridized carbons (Fsp3) is 0.267. The number of thioether (sulfide) groups is 1. The van der Waals surface area contributed by atoms with Gasteiger partial charge in [-0.1, -0.05) is 0 Å². The van der Waals surface area contributed by atoms with Gasteiger partial charge in [0.15, 0.2) is 18.1 Å². The molecular weight excluding hydrogens is 402 g/mol. The van der Waals surface area contributed by atoms with E-state index in [2.05, 4.69) is 15.9 Å². The molecule has 24 heavy (non-hydrogen) atoms. The van der Waals surface area contributed by atoms with Crippen molar-refractivity contribution in [3.8, 4) is 11.5 Å². The van der Waals surface area contributed by atoms with E-state index in [1.54, 1.807) is 25.1 Å². The number of halogens is 1. The van der Waals surface area contributed by atoms with E-state index < -0.39 is 12.6 Å². The number of ether oxygens (including phenoxy) is 2. The first-order chi connectivity index (χ1) is 11.4. The predicted molar refractivity (Wildman–Crippen MR) is 92.2 cm³/mol. The number of hydrogen-bond donors (Lipinski definition) is 1. The highest BCUT2D eigenvalue weighted by Crippen LogP contribution is 2.39. The number of aliphatic carboxylic acids is 1. The first-order valence-corrected chi connectivity index (χ1v) is 8.45. The molecule has 1 N–H and O–H groups in total. The Balaban J connectivity index is 2.34. The van der Waals surface area contributed by atoms with E-state index in [0.29, 0.717) is 27.2 Å². The first-order valence-electron chi connectivity index (χ1n) is 6.84. The van der Waals surface area contributed by atoms with Crippen molar-refractivity contribution in [2.24, 2.45) is 0 Å². The van der Waals surface area contributed by atoms with Crippen LogP contribution in [-0.4, -0.2) is 47.4 Å². The van der Waals surface area contributed by atoms with Gasteiger partial charge in [0.25, 0.3) is 11.1 Å². The standard InChI is InChI=1S/C15H14BrNO6S/c1-3-17-14(20)11(24-15(17)21)6-8-4-9(16)13(10(5-8)22-2)23-7-12(18)19/h4-6H,3,7H2,1-2H3,(H,18,19)/b11-6+. The lowest BCUT2D eigenvalue weighted by Gasteiger charge is -2.12. The molecule has 1 aliphatic rings. The Labute approximate surface area is 150 Å². The van der Waals surface area contributed by atoms with Gasteiger partial charge in [-0.3, -0.25) is 14.5 Å². The molecule has 0 aliphatic carbocycles. The minimum absolute atomic E-state index is 0.249. The summed E-state index contributed by atoms with van der Waals surface area (Å²) < 4.78 is 10.9. The Hall–Kier alpha value is -2.00. The van der Waals surface area contributed by atoms with Crippen molar-refractivity contribution in [3.63, 3.8) is 0 Å². The minimum atomic E-state index is -1.11. The van der Waals surface area contributed by atoms with Crippen LogP contribution in [0.15, 0.2) is 21.5 Å². The summed E-state index contributed by atoms with van der Waals surface area (Å²) in [6.45, 7) is 1.54. The summed E-state index contributed by atoms with van der Waals surface area (Å²) in [6, 6.07) is 3.25. The van der Waals surface area contributed by atoms with Crippen molar-refractivity contribution in [2.45, 2.75) is 6.92 Å². The molecule has 0 bridgehead atoms. The van der Waals surface area contributed by atoms with Gasteiger partial charge in [0.1, 0.15) is 0 Å². The SMILES string of the molecule is CCN1C(=O)S/C(=C/c2cc(Br)c(OCC(=O)O)c(OC)c2)C1=O. The molecule has 9 heteroatoms. The van der Waals surface area contributed by atoms with Crippen LogP contribution in [0.25, 0.3) is 6.08 Å². The van der Waals surface area contributed by atoms with E-state index in [4.69, 9.17) is 14.6 Å². The second-order valence-corrected chi connectivity index (χ2v) is 6.49. The highest BCUT2D eigenvalue weighted by atomic mass is 79.9. The zero-order valence-electron chi connectivity index (χ0n) is 12.9. The molecule has 128 valence electrons. The Kier molecular flexibility index (Phi) is 5.89. The van der Waals surface area contributed by atoms with Gasteiger partial charge in [0.05, 0.1) is 16.5 Å². The summed E-state index contributed by atoms with van der Waals surface area (Å²) in [5.41, 5.74) is 0.614. The topological polar surface area (TPSA) is 93.1 Å². The number of carboxylic acids is 1. The maximum Gasteiger partial charge on any atom is 0.341 e. The zero-order chi connectivity index (χ0) is 17.9. The largest absolute Gasteiger partial charge is 0.493 e. The molecule has 1 fully saturated rings. The third-order valence-corrected chi connectivity index (χ3v) is 4.58. The van der Waals surface area contributed by atoms with Gasteiger partial charge in [0, 0.05) is 6.54 Å². The average Bonchev–Trinajstić information content (AvgIpc) is 2.79. The number of carbonyl (C=O) groups excluding carboxylic acids is 2. The molecule has 1 aliphatic heterocycles. The lowest BCUT2D eigenvalue weighted by atomic mass is 10.2. The van der Waals surface area contributed by atoms with Crippen molar-refractivity contribution in [1.82, 2.24) is 4.90 Å². The molecule has 7 nitrogen and oxygen atoms in total. The summed E-state index contributed by atoms with van der Waals surface area (Å²) in [5, 5.41) is 8.40. The predicted octanol–water partition coefficient (Wildman–Crippen LogP) is 2.98.